The van der Waals surface area contributed by atoms with Gasteiger partial charge in [-0.1, -0.05) is 25.6 Å². The number of rotatable bonds is 4. The lowest BCUT2D eigenvalue weighted by Gasteiger charge is -2.40. The average Bonchev–Trinajstić information content (AvgIpc) is 2.92. The van der Waals surface area contributed by atoms with E-state index in [4.69, 9.17) is 22.7 Å². The van der Waals surface area contributed by atoms with Crippen molar-refractivity contribution in [3.05, 3.63) is 0 Å². The number of hydrogen-bond acceptors (Lipinski definition) is 3. The first-order valence-electron chi connectivity index (χ1n) is 7.52. The Bertz CT molecular complexity index is 361. The molecule has 6 heteroatoms. The second kappa shape index (κ2) is 6.72. The second-order valence-corrected chi connectivity index (χ2v) is 6.40. The topological polar surface area (TPSA) is 76.4 Å². The first-order chi connectivity index (χ1) is 9.55. The van der Waals surface area contributed by atoms with Crippen LogP contribution >= 0.6 is 12.2 Å². The largest absolute Gasteiger partial charge is 0.391 e. The van der Waals surface area contributed by atoms with Crippen molar-refractivity contribution in [2.75, 3.05) is 13.2 Å². The highest BCUT2D eigenvalue weighted by Crippen LogP contribution is 2.34. The molecule has 0 radical (unpaired) electrons. The predicted octanol–water partition coefficient (Wildman–Crippen LogP) is 1.70. The molecule has 114 valence electrons. The lowest BCUT2D eigenvalue weighted by molar-refractivity contribution is 0.185. The minimum Gasteiger partial charge on any atom is -0.391 e. The van der Waals surface area contributed by atoms with E-state index in [0.717, 1.165) is 38.0 Å². The molecule has 2 rings (SSSR count). The van der Waals surface area contributed by atoms with E-state index in [1.807, 2.05) is 0 Å². The van der Waals surface area contributed by atoms with Gasteiger partial charge in [0.2, 0.25) is 0 Å². The van der Waals surface area contributed by atoms with Crippen molar-refractivity contribution in [3.8, 4) is 0 Å². The van der Waals surface area contributed by atoms with Crippen molar-refractivity contribution >= 4 is 23.2 Å². The highest BCUT2D eigenvalue weighted by Gasteiger charge is 2.39. The second-order valence-electron chi connectivity index (χ2n) is 5.96. The van der Waals surface area contributed by atoms with E-state index in [1.54, 1.807) is 0 Å². The van der Waals surface area contributed by atoms with E-state index >= 15 is 0 Å². The third kappa shape index (κ3) is 3.61. The number of urea groups is 1. The minimum atomic E-state index is -0.509. The van der Waals surface area contributed by atoms with Crippen molar-refractivity contribution in [1.29, 1.82) is 0 Å². The van der Waals surface area contributed by atoms with Gasteiger partial charge in [-0.05, 0) is 38.0 Å². The van der Waals surface area contributed by atoms with E-state index in [0.29, 0.717) is 18.2 Å². The third-order valence-corrected chi connectivity index (χ3v) is 5.02. The van der Waals surface area contributed by atoms with Crippen LogP contribution in [0.2, 0.25) is 0 Å². The Kier molecular flexibility index (Phi) is 5.21. The maximum atomic E-state index is 12.1. The summed E-state index contributed by atoms with van der Waals surface area (Å²) in [6.07, 6.45) is 5.87. The average molecular weight is 299 g/mol. The molecule has 2 fully saturated rings. The number of amides is 2. The minimum absolute atomic E-state index is 0.102. The van der Waals surface area contributed by atoms with Gasteiger partial charge in [-0.2, -0.15) is 0 Å². The van der Waals surface area contributed by atoms with Gasteiger partial charge < -0.3 is 21.1 Å². The van der Waals surface area contributed by atoms with Crippen molar-refractivity contribution in [2.45, 2.75) is 57.0 Å². The van der Waals surface area contributed by atoms with E-state index in [1.165, 1.54) is 6.42 Å². The van der Waals surface area contributed by atoms with Crippen molar-refractivity contribution in [3.63, 3.8) is 0 Å². The standard InChI is InChI=1S/C14H25N3O2S/c1-2-10-3-6-14(7-4-10,12(15)20)17-13(18)16-11-5-8-19-9-11/h10-11H,2-9H2,1H3,(H2,15,20)(H2,16,17,18). The highest BCUT2D eigenvalue weighted by molar-refractivity contribution is 7.80. The SMILES string of the molecule is CCC1CCC(NC(=O)NC2CCOC2)(C(N)=S)CC1. The number of thiocarbonyl (C=S) groups is 1. The lowest BCUT2D eigenvalue weighted by Crippen LogP contribution is -2.61. The Labute approximate surface area is 126 Å². The molecule has 1 heterocycles. The molecule has 0 aromatic rings. The summed E-state index contributed by atoms with van der Waals surface area (Å²) in [5.41, 5.74) is 5.40. The molecule has 0 spiro atoms. The fraction of sp³-hybridized carbons (Fsp3) is 0.857. The Balaban J connectivity index is 1.91. The van der Waals surface area contributed by atoms with Crippen LogP contribution in [0.3, 0.4) is 0 Å². The van der Waals surface area contributed by atoms with Gasteiger partial charge in [0.05, 0.1) is 23.2 Å². The van der Waals surface area contributed by atoms with Crippen LogP contribution in [0.25, 0.3) is 0 Å². The number of nitrogens with two attached hydrogens (primary N) is 1. The summed E-state index contributed by atoms with van der Waals surface area (Å²) in [7, 11) is 0. The third-order valence-electron chi connectivity index (χ3n) is 4.63. The quantitative estimate of drug-likeness (QED) is 0.691. The summed E-state index contributed by atoms with van der Waals surface area (Å²) in [5.74, 6) is 0.727. The summed E-state index contributed by atoms with van der Waals surface area (Å²) in [6, 6.07) is -0.0753. The molecule has 0 aromatic carbocycles. The normalized spacial score (nSPS) is 33.6. The molecule has 1 aliphatic carbocycles. The van der Waals surface area contributed by atoms with Gasteiger partial charge in [0.15, 0.2) is 0 Å². The molecule has 1 saturated heterocycles. The molecule has 1 atom stereocenters. The molecule has 1 saturated carbocycles. The Morgan fingerprint density at radius 2 is 2.10 bits per heavy atom. The van der Waals surface area contributed by atoms with E-state index in [9.17, 15) is 4.79 Å². The van der Waals surface area contributed by atoms with Crippen LogP contribution in [0.15, 0.2) is 0 Å². The maximum Gasteiger partial charge on any atom is 0.315 e. The van der Waals surface area contributed by atoms with Crippen LogP contribution in [0.5, 0.6) is 0 Å². The van der Waals surface area contributed by atoms with E-state index in [-0.39, 0.29) is 12.1 Å². The Morgan fingerprint density at radius 1 is 1.40 bits per heavy atom. The van der Waals surface area contributed by atoms with Crippen LogP contribution < -0.4 is 16.4 Å². The monoisotopic (exact) mass is 299 g/mol. The molecular formula is C14H25N3O2S. The fourth-order valence-corrected chi connectivity index (χ4v) is 3.35. The van der Waals surface area contributed by atoms with Crippen molar-refractivity contribution in [1.82, 2.24) is 10.6 Å². The number of carbonyl (C=O) groups excluding carboxylic acids is 1. The maximum absolute atomic E-state index is 12.1. The zero-order chi connectivity index (χ0) is 14.6. The van der Waals surface area contributed by atoms with Gasteiger partial charge in [-0.3, -0.25) is 0 Å². The number of nitrogens with one attached hydrogen (secondary N) is 2. The molecule has 2 aliphatic rings. The van der Waals surface area contributed by atoms with Crippen LogP contribution in [0, 0.1) is 5.92 Å². The first-order valence-corrected chi connectivity index (χ1v) is 7.93. The number of carbonyl (C=O) groups is 1. The van der Waals surface area contributed by atoms with Gasteiger partial charge >= 0.3 is 6.03 Å². The van der Waals surface area contributed by atoms with Gasteiger partial charge in [0.25, 0.3) is 0 Å². The van der Waals surface area contributed by atoms with Crippen molar-refractivity contribution in [2.24, 2.45) is 11.7 Å². The molecule has 2 amide bonds. The van der Waals surface area contributed by atoms with Crippen LogP contribution in [0.1, 0.15) is 45.4 Å². The predicted molar refractivity (Wildman–Crippen MR) is 82.7 cm³/mol. The summed E-state index contributed by atoms with van der Waals surface area (Å²) in [5, 5.41) is 5.97. The molecule has 0 aromatic heterocycles. The molecule has 4 N–H and O–H groups in total. The van der Waals surface area contributed by atoms with Crippen molar-refractivity contribution < 1.29 is 9.53 Å². The van der Waals surface area contributed by atoms with Crippen LogP contribution in [0.4, 0.5) is 4.79 Å². The molecule has 0 bridgehead atoms. The molecule has 1 unspecified atom stereocenters. The zero-order valence-corrected chi connectivity index (χ0v) is 12.9. The summed E-state index contributed by atoms with van der Waals surface area (Å²) >= 11 is 5.21. The summed E-state index contributed by atoms with van der Waals surface area (Å²) < 4.78 is 5.26. The Hall–Kier alpha value is -0.880. The summed E-state index contributed by atoms with van der Waals surface area (Å²) in [4.78, 5) is 12.5. The van der Waals surface area contributed by atoms with Gasteiger partial charge in [-0.15, -0.1) is 0 Å². The zero-order valence-electron chi connectivity index (χ0n) is 12.1. The van der Waals surface area contributed by atoms with Gasteiger partial charge in [0, 0.05) is 6.61 Å². The molecule has 1 aliphatic heterocycles. The van der Waals surface area contributed by atoms with E-state index in [2.05, 4.69) is 17.6 Å². The molecular weight excluding hydrogens is 274 g/mol. The first kappa shape index (κ1) is 15.5. The number of hydrogen-bond donors (Lipinski definition) is 3. The highest BCUT2D eigenvalue weighted by atomic mass is 32.1. The smallest absolute Gasteiger partial charge is 0.315 e. The fourth-order valence-electron chi connectivity index (χ4n) is 3.10. The van der Waals surface area contributed by atoms with Crippen LogP contribution in [-0.4, -0.2) is 35.8 Å². The number of ether oxygens (including phenoxy) is 1. The van der Waals surface area contributed by atoms with E-state index < -0.39 is 5.54 Å². The van der Waals surface area contributed by atoms with Gasteiger partial charge in [-0.25, -0.2) is 4.79 Å². The van der Waals surface area contributed by atoms with Crippen LogP contribution in [-0.2, 0) is 4.74 Å². The molecule has 20 heavy (non-hydrogen) atoms. The van der Waals surface area contributed by atoms with Gasteiger partial charge in [0.1, 0.15) is 0 Å². The molecule has 5 nitrogen and oxygen atoms in total. The Morgan fingerprint density at radius 3 is 2.60 bits per heavy atom. The lowest BCUT2D eigenvalue weighted by atomic mass is 9.75. The summed E-state index contributed by atoms with van der Waals surface area (Å²) in [6.45, 7) is 3.51.